The van der Waals surface area contributed by atoms with E-state index in [9.17, 15) is 0 Å². The van der Waals surface area contributed by atoms with Gasteiger partial charge < -0.3 is 80.5 Å². The molecule has 8 aliphatic rings. The van der Waals surface area contributed by atoms with Gasteiger partial charge in [-0.2, -0.15) is 0 Å². The minimum Gasteiger partial charge on any atom is -0.493 e. The van der Waals surface area contributed by atoms with Crippen LogP contribution in [0.5, 0.6) is 11.5 Å². The molecule has 17 nitrogen and oxygen atoms in total. The average Bonchev–Trinajstić information content (AvgIpc) is 4.23. The predicted molar refractivity (Wildman–Crippen MR) is 314 cm³/mol. The van der Waals surface area contributed by atoms with Crippen molar-refractivity contribution in [2.75, 3.05) is 145 Å². The van der Waals surface area contributed by atoms with Gasteiger partial charge in [0.2, 0.25) is 0 Å². The zero-order valence-electron chi connectivity index (χ0n) is 44.8. The van der Waals surface area contributed by atoms with E-state index in [4.69, 9.17) is 80.5 Å². The van der Waals surface area contributed by atoms with Crippen LogP contribution in [0.25, 0.3) is 0 Å². The van der Waals surface area contributed by atoms with Crippen molar-refractivity contribution >= 4 is 0 Å². The number of benzene rings is 2. The summed E-state index contributed by atoms with van der Waals surface area (Å²) in [6.45, 7) is 23.1. The summed E-state index contributed by atoms with van der Waals surface area (Å²) in [5.41, 5.74) is 2.54. The van der Waals surface area contributed by atoms with E-state index in [1.807, 2.05) is 32.9 Å². The Balaban J connectivity index is 0.000000401. The zero-order chi connectivity index (χ0) is 51.2. The third-order valence-electron chi connectivity index (χ3n) is 13.5. The first-order valence-electron chi connectivity index (χ1n) is 27.7. The molecular formula is C63H112O17. The van der Waals surface area contributed by atoms with Crippen molar-refractivity contribution in [1.29, 1.82) is 0 Å². The van der Waals surface area contributed by atoms with E-state index >= 15 is 0 Å². The second-order valence-electron chi connectivity index (χ2n) is 21.6. The van der Waals surface area contributed by atoms with Crippen LogP contribution in [-0.4, -0.2) is 206 Å². The second-order valence-corrected chi connectivity index (χ2v) is 21.6. The minimum absolute atomic E-state index is 0. The van der Waals surface area contributed by atoms with Crippen LogP contribution in [0.4, 0.5) is 0 Å². The van der Waals surface area contributed by atoms with Crippen LogP contribution in [0.1, 0.15) is 115 Å². The molecule has 17 heteroatoms. The van der Waals surface area contributed by atoms with Gasteiger partial charge in [0, 0.05) is 12.0 Å². The van der Waals surface area contributed by atoms with Crippen LogP contribution in [0.3, 0.4) is 0 Å². The molecule has 0 N–H and O–H groups in total. The molecule has 0 amide bonds. The molecule has 2 saturated carbocycles. The summed E-state index contributed by atoms with van der Waals surface area (Å²) in [5, 5.41) is 0. The van der Waals surface area contributed by atoms with E-state index in [1.165, 1.54) is 36.8 Å². The molecule has 0 radical (unpaired) electrons. The number of hydrogen-bond donors (Lipinski definition) is 0. The van der Waals surface area contributed by atoms with Crippen LogP contribution in [0.15, 0.2) is 48.5 Å². The van der Waals surface area contributed by atoms with E-state index in [-0.39, 0.29) is 92.7 Å². The standard InChI is InChI=1S/C21H38O9.C20H22O3.C16H28O5.6CH4/c1-15(24-9-19-12-28-19)4-22-7-18(27-6-17(3)26-11-21-14-30-21)8-23-5-16(2)25-10-20-13-29-20;1-2-17(1)12-21-18-7-3-15(4-8-18)11-16-5-9-19(10-6-16)22-13-20-14-23-20;1-2-16(10-17-5-13-3-4-13,11-18-6-14-8-20-14)12-19-7-15-9-21-15;;;;;;/h15-21H,4-14H2,1-3H3;3-10,17,20H,1-2,11-14H2;13-15H,2-12H2,1H3;6*1H4. The van der Waals surface area contributed by atoms with Crippen molar-refractivity contribution in [3.8, 4) is 11.5 Å². The smallest absolute Gasteiger partial charge is 0.119 e. The van der Waals surface area contributed by atoms with E-state index in [1.54, 1.807) is 0 Å². The van der Waals surface area contributed by atoms with Gasteiger partial charge in [0.25, 0.3) is 0 Å². The zero-order valence-corrected chi connectivity index (χ0v) is 44.8. The predicted octanol–water partition coefficient (Wildman–Crippen LogP) is 10.1. The monoisotopic (exact) mass is 1140 g/mol. The highest BCUT2D eigenvalue weighted by atomic mass is 16.6. The number of rotatable bonds is 41. The summed E-state index contributed by atoms with van der Waals surface area (Å²) < 4.78 is 94.8. The summed E-state index contributed by atoms with van der Waals surface area (Å²) in [6.07, 6.45) is 8.73. The highest BCUT2D eigenvalue weighted by Gasteiger charge is 2.34. The molecular weight excluding hydrogens is 1030 g/mol. The molecule has 2 aliphatic carbocycles. The fourth-order valence-electron chi connectivity index (χ4n) is 7.39. The van der Waals surface area contributed by atoms with Crippen molar-refractivity contribution in [2.45, 2.75) is 172 Å². The second kappa shape index (κ2) is 39.9. The SMILES string of the molecule is C.C.C.C.C.C.CC(COCC(COCC(C)OCC1CO1)OCC(C)OCC1CO1)OCC1CO1.CCC(COCC1CC1)(COCC1CO1)COCC1CO1.c1cc(OCC2CC2)ccc1Cc1ccc(OCC2CO2)cc1. The first-order valence-corrected chi connectivity index (χ1v) is 27.7. The molecule has 0 spiro atoms. The molecule has 0 aromatic heterocycles. The molecule has 6 saturated heterocycles. The molecule has 6 aliphatic heterocycles. The Morgan fingerprint density at radius 1 is 0.400 bits per heavy atom. The molecule has 9 unspecified atom stereocenters. The first-order chi connectivity index (χ1) is 36.2. The molecule has 10 rings (SSSR count). The van der Waals surface area contributed by atoms with Gasteiger partial charge in [0.1, 0.15) is 60.8 Å². The maximum absolute atomic E-state index is 6.00. The molecule has 0 bridgehead atoms. The Kier molecular flexibility index (Phi) is 36.7. The van der Waals surface area contributed by atoms with Gasteiger partial charge in [0.15, 0.2) is 0 Å². The summed E-state index contributed by atoms with van der Waals surface area (Å²) in [6, 6.07) is 16.8. The lowest BCUT2D eigenvalue weighted by atomic mass is 9.88. The quantitative estimate of drug-likeness (QED) is 0.0574. The van der Waals surface area contributed by atoms with Gasteiger partial charge in [-0.15, -0.1) is 0 Å². The van der Waals surface area contributed by atoms with Crippen molar-refractivity contribution in [2.24, 2.45) is 17.3 Å². The average molecular weight is 1140 g/mol. The highest BCUT2D eigenvalue weighted by molar-refractivity contribution is 5.34. The Labute approximate surface area is 484 Å². The lowest BCUT2D eigenvalue weighted by Crippen LogP contribution is -2.38. The van der Waals surface area contributed by atoms with E-state index in [2.05, 4.69) is 43.3 Å². The summed E-state index contributed by atoms with van der Waals surface area (Å²) >= 11 is 0. The van der Waals surface area contributed by atoms with Crippen LogP contribution in [0, 0.1) is 17.3 Å². The third-order valence-corrected chi connectivity index (χ3v) is 13.5. The van der Waals surface area contributed by atoms with Crippen LogP contribution >= 0.6 is 0 Å². The van der Waals surface area contributed by atoms with Crippen LogP contribution in [-0.2, 0) is 77.5 Å². The largest absolute Gasteiger partial charge is 0.493 e. The van der Waals surface area contributed by atoms with Crippen molar-refractivity contribution < 1.29 is 80.5 Å². The first kappa shape index (κ1) is 73.5. The van der Waals surface area contributed by atoms with Gasteiger partial charge in [-0.05, 0) is 107 Å². The van der Waals surface area contributed by atoms with Crippen molar-refractivity contribution in [3.63, 3.8) is 0 Å². The minimum atomic E-state index is -0.189. The highest BCUT2D eigenvalue weighted by Crippen LogP contribution is 2.32. The number of ether oxygens (including phenoxy) is 17. The number of hydrogen-bond acceptors (Lipinski definition) is 17. The maximum Gasteiger partial charge on any atom is 0.119 e. The fraction of sp³-hybridized carbons (Fsp3) is 0.810. The number of epoxide rings is 6. The third kappa shape index (κ3) is 33.7. The molecule has 8 fully saturated rings. The molecule has 466 valence electrons. The van der Waals surface area contributed by atoms with Crippen LogP contribution in [0.2, 0.25) is 0 Å². The van der Waals surface area contributed by atoms with Gasteiger partial charge in [-0.3, -0.25) is 0 Å². The molecule has 6 heterocycles. The summed E-state index contributed by atoms with van der Waals surface area (Å²) in [4.78, 5) is 0. The van der Waals surface area contributed by atoms with Gasteiger partial charge in [0.05, 0.1) is 150 Å². The van der Waals surface area contributed by atoms with Crippen molar-refractivity contribution in [3.05, 3.63) is 59.7 Å². The fourth-order valence-corrected chi connectivity index (χ4v) is 7.39. The van der Waals surface area contributed by atoms with Gasteiger partial charge >= 0.3 is 0 Å². The summed E-state index contributed by atoms with van der Waals surface area (Å²) in [7, 11) is 0. The lowest BCUT2D eigenvalue weighted by Gasteiger charge is -2.32. The normalized spacial score (nSPS) is 24.2. The molecule has 2 aromatic rings. The van der Waals surface area contributed by atoms with E-state index in [0.29, 0.717) is 104 Å². The van der Waals surface area contributed by atoms with E-state index in [0.717, 1.165) is 95.6 Å². The Morgan fingerprint density at radius 2 is 0.738 bits per heavy atom. The van der Waals surface area contributed by atoms with E-state index < -0.39 is 0 Å². The molecule has 9 atom stereocenters. The maximum atomic E-state index is 6.00. The molecule has 80 heavy (non-hydrogen) atoms. The van der Waals surface area contributed by atoms with Crippen molar-refractivity contribution in [1.82, 2.24) is 0 Å². The Hall–Kier alpha value is -2.56. The molecule has 2 aromatic carbocycles. The Morgan fingerprint density at radius 3 is 1.11 bits per heavy atom. The topological polar surface area (TPSA) is 177 Å². The summed E-state index contributed by atoms with van der Waals surface area (Å²) in [5.74, 6) is 3.47. The van der Waals surface area contributed by atoms with Gasteiger partial charge in [-0.1, -0.05) is 75.7 Å². The Bertz CT molecular complexity index is 1660. The van der Waals surface area contributed by atoms with Crippen LogP contribution < -0.4 is 9.47 Å². The van der Waals surface area contributed by atoms with Gasteiger partial charge in [-0.25, -0.2) is 0 Å². The lowest BCUT2D eigenvalue weighted by molar-refractivity contribution is -0.109.